The summed E-state index contributed by atoms with van der Waals surface area (Å²) in [6.45, 7) is 3.62. The second-order valence-electron chi connectivity index (χ2n) is 10.2. The van der Waals surface area contributed by atoms with Crippen LogP contribution in [0.15, 0.2) is 47.6 Å². The Morgan fingerprint density at radius 1 is 1.15 bits per heavy atom. The van der Waals surface area contributed by atoms with Crippen molar-refractivity contribution < 1.29 is 32.3 Å². The number of nitrogens with one attached hydrogen (secondary N) is 2. The van der Waals surface area contributed by atoms with Gasteiger partial charge in [0.1, 0.15) is 6.04 Å². The molecule has 0 aliphatic carbocycles. The van der Waals surface area contributed by atoms with Crippen molar-refractivity contribution in [2.45, 2.75) is 50.2 Å². The van der Waals surface area contributed by atoms with E-state index in [4.69, 9.17) is 9.47 Å². The normalized spacial score (nSPS) is 17.2. The monoisotopic (exact) mass is 602 g/mol. The smallest absolute Gasteiger partial charge is 0.262 e. The van der Waals surface area contributed by atoms with Crippen molar-refractivity contribution in [2.24, 2.45) is 5.92 Å². The van der Waals surface area contributed by atoms with Crippen molar-refractivity contribution >= 4 is 49.0 Å². The van der Waals surface area contributed by atoms with Gasteiger partial charge in [0, 0.05) is 23.5 Å². The number of ether oxygens (including phenoxy) is 2. The SMILES string of the molecule is COc1cc2cc(C(=O)N[C@@H](CC(C)C)C(=O)NC3CCCN(S(=O)(=O)c4ccccn4)CC3=O)sc2cc1OC. The van der Waals surface area contributed by atoms with E-state index in [9.17, 15) is 22.8 Å². The number of carbonyl (C=O) groups is 3. The fraction of sp³-hybridized carbons (Fsp3) is 0.429. The van der Waals surface area contributed by atoms with Gasteiger partial charge in [-0.3, -0.25) is 14.4 Å². The lowest BCUT2D eigenvalue weighted by atomic mass is 10.0. The molecule has 13 heteroatoms. The lowest BCUT2D eigenvalue weighted by Gasteiger charge is -2.23. The maximum atomic E-state index is 13.4. The highest BCUT2D eigenvalue weighted by molar-refractivity contribution is 7.89. The van der Waals surface area contributed by atoms with Crippen LogP contribution in [-0.4, -0.2) is 74.7 Å². The molecule has 2 aromatic heterocycles. The van der Waals surface area contributed by atoms with Crippen molar-refractivity contribution in [2.75, 3.05) is 27.3 Å². The van der Waals surface area contributed by atoms with Crippen LogP contribution >= 0.6 is 11.3 Å². The van der Waals surface area contributed by atoms with Gasteiger partial charge in [-0.1, -0.05) is 19.9 Å². The molecule has 0 spiro atoms. The van der Waals surface area contributed by atoms with E-state index in [1.807, 2.05) is 13.8 Å². The number of amides is 2. The van der Waals surface area contributed by atoms with Gasteiger partial charge in [0.15, 0.2) is 22.3 Å². The highest BCUT2D eigenvalue weighted by Gasteiger charge is 2.35. The molecular formula is C28H34N4O7S2. The number of fused-ring (bicyclic) bond motifs is 1. The van der Waals surface area contributed by atoms with E-state index in [2.05, 4.69) is 15.6 Å². The molecule has 1 fully saturated rings. The minimum atomic E-state index is -3.95. The molecule has 1 aromatic carbocycles. The number of carbonyl (C=O) groups excluding carboxylic acids is 3. The van der Waals surface area contributed by atoms with Crippen molar-refractivity contribution in [3.63, 3.8) is 0 Å². The molecule has 4 rings (SSSR count). The largest absolute Gasteiger partial charge is 0.493 e. The van der Waals surface area contributed by atoms with E-state index in [1.165, 1.54) is 37.8 Å². The zero-order valence-corrected chi connectivity index (χ0v) is 25.0. The number of ketones is 1. The Hall–Kier alpha value is -3.55. The Balaban J connectivity index is 1.46. The van der Waals surface area contributed by atoms with Crippen LogP contribution < -0.4 is 20.1 Å². The first-order chi connectivity index (χ1) is 19.5. The first kappa shape index (κ1) is 30.4. The molecule has 2 N–H and O–H groups in total. The number of pyridine rings is 1. The Bertz CT molecular complexity index is 1480. The number of nitrogens with zero attached hydrogens (tertiary/aromatic N) is 2. The summed E-state index contributed by atoms with van der Waals surface area (Å²) in [5, 5.41) is 6.27. The predicted octanol–water partition coefficient (Wildman–Crippen LogP) is 3.00. The number of Topliss-reactive ketones (excluding diaryl/α,β-unsaturated/α-hetero) is 1. The van der Waals surface area contributed by atoms with Gasteiger partial charge in [0.05, 0.1) is 31.7 Å². The van der Waals surface area contributed by atoms with E-state index in [0.29, 0.717) is 29.2 Å². The van der Waals surface area contributed by atoms with E-state index >= 15 is 0 Å². The molecule has 1 aliphatic heterocycles. The molecule has 1 saturated heterocycles. The Labute approximate surface area is 243 Å². The topological polar surface area (TPSA) is 144 Å². The quantitative estimate of drug-likeness (QED) is 0.361. The van der Waals surface area contributed by atoms with Gasteiger partial charge >= 0.3 is 0 Å². The van der Waals surface area contributed by atoms with Gasteiger partial charge in [0.2, 0.25) is 5.91 Å². The standard InChI is InChI=1S/C28H34N4O7S2/c1-17(2)12-20(31-28(35)25-14-18-13-22(38-3)23(39-4)15-24(18)40-25)27(34)30-19-8-7-11-32(16-21(19)33)41(36,37)26-9-5-6-10-29-26/h5-6,9-10,13-15,17,19-20H,7-8,11-12,16H2,1-4H3,(H,30,34)(H,31,35)/t19?,20-/m0/s1. The third kappa shape index (κ3) is 7.03. The molecule has 2 amide bonds. The summed E-state index contributed by atoms with van der Waals surface area (Å²) in [5.41, 5.74) is 0. The number of rotatable bonds is 10. The number of benzene rings is 1. The lowest BCUT2D eigenvalue weighted by molar-refractivity contribution is -0.129. The van der Waals surface area contributed by atoms with Crippen LogP contribution in [0, 0.1) is 5.92 Å². The van der Waals surface area contributed by atoms with Crippen LogP contribution in [0.25, 0.3) is 10.1 Å². The Kier molecular flexibility index (Phi) is 9.61. The molecule has 11 nitrogen and oxygen atoms in total. The molecule has 220 valence electrons. The summed E-state index contributed by atoms with van der Waals surface area (Å²) < 4.78 is 38.6. The molecule has 0 radical (unpaired) electrons. The molecule has 3 aromatic rings. The fourth-order valence-electron chi connectivity index (χ4n) is 4.67. The molecule has 3 heterocycles. The number of aromatic nitrogens is 1. The maximum absolute atomic E-state index is 13.4. The van der Waals surface area contributed by atoms with Crippen molar-refractivity contribution in [3.05, 3.63) is 47.5 Å². The van der Waals surface area contributed by atoms with Gasteiger partial charge in [-0.2, -0.15) is 4.31 Å². The van der Waals surface area contributed by atoms with Crippen LogP contribution in [-0.2, 0) is 19.6 Å². The highest BCUT2D eigenvalue weighted by Crippen LogP contribution is 2.36. The molecule has 0 bridgehead atoms. The Morgan fingerprint density at radius 2 is 1.88 bits per heavy atom. The average Bonchev–Trinajstić information content (AvgIpc) is 3.28. The zero-order chi connectivity index (χ0) is 29.7. The maximum Gasteiger partial charge on any atom is 0.262 e. The number of hydrogen-bond acceptors (Lipinski definition) is 9. The van der Waals surface area contributed by atoms with Crippen LogP contribution in [0.1, 0.15) is 42.8 Å². The van der Waals surface area contributed by atoms with E-state index in [1.54, 1.807) is 30.3 Å². The summed E-state index contributed by atoms with van der Waals surface area (Å²) in [6.07, 6.45) is 2.39. The molecule has 41 heavy (non-hydrogen) atoms. The Morgan fingerprint density at radius 3 is 2.54 bits per heavy atom. The average molecular weight is 603 g/mol. The molecule has 1 unspecified atom stereocenters. The number of thiophene rings is 1. The molecule has 1 aliphatic rings. The minimum Gasteiger partial charge on any atom is -0.493 e. The first-order valence-electron chi connectivity index (χ1n) is 13.2. The second-order valence-corrected chi connectivity index (χ2v) is 13.2. The highest BCUT2D eigenvalue weighted by atomic mass is 32.2. The number of methoxy groups -OCH3 is 2. The fourth-order valence-corrected chi connectivity index (χ4v) is 7.02. The van der Waals surface area contributed by atoms with Gasteiger partial charge in [0.25, 0.3) is 15.9 Å². The number of hydrogen-bond donors (Lipinski definition) is 2. The van der Waals surface area contributed by atoms with E-state index in [0.717, 1.165) is 14.4 Å². The van der Waals surface area contributed by atoms with E-state index in [-0.39, 0.29) is 30.5 Å². The van der Waals surface area contributed by atoms with Crippen molar-refractivity contribution in [1.82, 2.24) is 19.9 Å². The van der Waals surface area contributed by atoms with Crippen LogP contribution in [0.4, 0.5) is 0 Å². The van der Waals surface area contributed by atoms with Crippen LogP contribution in [0.3, 0.4) is 0 Å². The lowest BCUT2D eigenvalue weighted by Crippen LogP contribution is -2.52. The molecule has 2 atom stereocenters. The minimum absolute atomic E-state index is 0.0748. The van der Waals surface area contributed by atoms with Gasteiger partial charge in [-0.05, 0) is 54.8 Å². The zero-order valence-electron chi connectivity index (χ0n) is 23.4. The van der Waals surface area contributed by atoms with Crippen molar-refractivity contribution in [3.8, 4) is 11.5 Å². The summed E-state index contributed by atoms with van der Waals surface area (Å²) >= 11 is 1.27. The van der Waals surface area contributed by atoms with Gasteiger partial charge in [-0.15, -0.1) is 11.3 Å². The third-order valence-corrected chi connectivity index (χ3v) is 9.61. The van der Waals surface area contributed by atoms with Crippen LogP contribution in [0.2, 0.25) is 0 Å². The first-order valence-corrected chi connectivity index (χ1v) is 15.5. The molecular weight excluding hydrogens is 568 g/mol. The summed E-state index contributed by atoms with van der Waals surface area (Å²) in [7, 11) is -0.878. The van der Waals surface area contributed by atoms with Crippen molar-refractivity contribution in [1.29, 1.82) is 0 Å². The molecule has 0 saturated carbocycles. The van der Waals surface area contributed by atoms with Crippen LogP contribution in [0.5, 0.6) is 11.5 Å². The predicted molar refractivity (Wildman–Crippen MR) is 155 cm³/mol. The second kappa shape index (κ2) is 13.0. The number of sulfonamides is 1. The summed E-state index contributed by atoms with van der Waals surface area (Å²) in [4.78, 5) is 44.0. The van der Waals surface area contributed by atoms with E-state index < -0.39 is 39.7 Å². The third-order valence-electron chi connectivity index (χ3n) is 6.75. The summed E-state index contributed by atoms with van der Waals surface area (Å²) in [6, 6.07) is 8.11. The van der Waals surface area contributed by atoms with Gasteiger partial charge < -0.3 is 20.1 Å². The van der Waals surface area contributed by atoms with Gasteiger partial charge in [-0.25, -0.2) is 13.4 Å². The summed E-state index contributed by atoms with van der Waals surface area (Å²) in [5.74, 6) is -0.157.